The lowest BCUT2D eigenvalue weighted by Gasteiger charge is -2.46. The number of aromatic nitrogens is 3. The van der Waals surface area contributed by atoms with Gasteiger partial charge in [-0.25, -0.2) is 0 Å². The summed E-state index contributed by atoms with van der Waals surface area (Å²) in [7, 11) is 1.92. The number of fused-ring (bicyclic) bond motifs is 1. The van der Waals surface area contributed by atoms with Crippen LogP contribution in [-0.4, -0.2) is 38.7 Å². The lowest BCUT2D eigenvalue weighted by molar-refractivity contribution is -0.138. The molecule has 3 heterocycles. The highest BCUT2D eigenvalue weighted by Gasteiger charge is 2.49. The lowest BCUT2D eigenvalue weighted by atomic mass is 9.58. The van der Waals surface area contributed by atoms with E-state index < -0.39 is 17.6 Å². The fourth-order valence-electron chi connectivity index (χ4n) is 7.11. The molecule has 6 rings (SSSR count). The summed E-state index contributed by atoms with van der Waals surface area (Å²) < 4.78 is 45.7. The number of carbonyl (C=O) groups is 1. The largest absolute Gasteiger partial charge is 0.416 e. The van der Waals surface area contributed by atoms with Crippen LogP contribution in [0, 0.1) is 11.8 Å². The number of amides is 1. The maximum Gasteiger partial charge on any atom is 0.416 e. The summed E-state index contributed by atoms with van der Waals surface area (Å²) in [6.45, 7) is 6.36. The van der Waals surface area contributed by atoms with Crippen molar-refractivity contribution in [1.29, 1.82) is 0 Å². The molecule has 1 saturated carbocycles. The summed E-state index contributed by atoms with van der Waals surface area (Å²) in [6.07, 6.45) is 1.05. The predicted octanol–water partition coefficient (Wildman–Crippen LogP) is 6.70. The molecule has 1 saturated heterocycles. The Kier molecular flexibility index (Phi) is 6.85. The van der Waals surface area contributed by atoms with Crippen molar-refractivity contribution in [1.82, 2.24) is 19.7 Å². The fourth-order valence-corrected chi connectivity index (χ4v) is 7.59. The molecule has 0 bridgehead atoms. The summed E-state index contributed by atoms with van der Waals surface area (Å²) in [4.78, 5) is 17.4. The maximum absolute atomic E-state index is 14.3. The van der Waals surface area contributed by atoms with Crippen molar-refractivity contribution in [2.45, 2.75) is 64.2 Å². The van der Waals surface area contributed by atoms with Crippen LogP contribution >= 0.6 is 15.9 Å². The van der Waals surface area contributed by atoms with Gasteiger partial charge in [-0.2, -0.15) is 13.2 Å². The minimum Gasteiger partial charge on any atom is -0.320 e. The normalized spacial score (nSPS) is 25.3. The summed E-state index contributed by atoms with van der Waals surface area (Å²) in [5.74, 6) is 1.46. The molecule has 1 aliphatic carbocycles. The average molecular weight is 617 g/mol. The Hall–Kier alpha value is -2.72. The van der Waals surface area contributed by atoms with Crippen molar-refractivity contribution in [3.8, 4) is 0 Å². The topological polar surface area (TPSA) is 54.3 Å². The van der Waals surface area contributed by atoms with E-state index in [-0.39, 0.29) is 23.1 Å². The Morgan fingerprint density at radius 2 is 1.88 bits per heavy atom. The van der Waals surface area contributed by atoms with Crippen LogP contribution in [0.5, 0.6) is 0 Å². The molecule has 6 nitrogen and oxygen atoms in total. The van der Waals surface area contributed by atoms with Crippen LogP contribution in [0.25, 0.3) is 0 Å². The zero-order chi connectivity index (χ0) is 28.4. The van der Waals surface area contributed by atoms with Gasteiger partial charge in [0.05, 0.1) is 17.5 Å². The second-order valence-electron chi connectivity index (χ2n) is 12.1. The first kappa shape index (κ1) is 27.4. The first-order valence-corrected chi connectivity index (χ1v) is 14.7. The molecule has 2 aliphatic heterocycles. The number of aryl methyl sites for hydroxylation is 1. The zero-order valence-electron chi connectivity index (χ0n) is 22.9. The average Bonchev–Trinajstić information content (AvgIpc) is 3.44. The Balaban J connectivity index is 1.37. The van der Waals surface area contributed by atoms with Gasteiger partial charge in [0.25, 0.3) is 5.91 Å². The number of alkyl halides is 3. The van der Waals surface area contributed by atoms with Crippen molar-refractivity contribution >= 4 is 27.5 Å². The van der Waals surface area contributed by atoms with Crippen LogP contribution in [0.4, 0.5) is 18.9 Å². The number of nitrogens with zero attached hydrogens (tertiary/aromatic N) is 5. The van der Waals surface area contributed by atoms with E-state index in [9.17, 15) is 18.0 Å². The van der Waals surface area contributed by atoms with E-state index in [0.717, 1.165) is 54.6 Å². The molecule has 2 aromatic carbocycles. The third-order valence-corrected chi connectivity index (χ3v) is 9.29. The van der Waals surface area contributed by atoms with Crippen LogP contribution in [0.2, 0.25) is 0 Å². The molecule has 1 aromatic heterocycles. The van der Waals surface area contributed by atoms with E-state index in [2.05, 4.69) is 44.9 Å². The number of anilines is 1. The fraction of sp³-hybridized carbons (Fsp3) is 0.500. The number of piperidine rings is 1. The van der Waals surface area contributed by atoms with Crippen molar-refractivity contribution in [2.75, 3.05) is 18.0 Å². The van der Waals surface area contributed by atoms with Gasteiger partial charge in [0.2, 0.25) is 0 Å². The minimum atomic E-state index is -4.55. The quantitative estimate of drug-likeness (QED) is 0.320. The number of hydrogen-bond donors (Lipinski definition) is 0. The number of hydrogen-bond acceptors (Lipinski definition) is 4. The number of likely N-dealkylation sites (tertiary alicyclic amines) is 1. The van der Waals surface area contributed by atoms with Crippen molar-refractivity contribution in [3.05, 3.63) is 74.8 Å². The summed E-state index contributed by atoms with van der Waals surface area (Å²) in [5, 5.41) is 8.51. The Labute approximate surface area is 240 Å². The van der Waals surface area contributed by atoms with Gasteiger partial charge >= 0.3 is 6.18 Å². The second-order valence-corrected chi connectivity index (χ2v) is 13.0. The Morgan fingerprint density at radius 1 is 1.10 bits per heavy atom. The third-order valence-electron chi connectivity index (χ3n) is 8.83. The van der Waals surface area contributed by atoms with Crippen molar-refractivity contribution in [2.24, 2.45) is 18.9 Å². The van der Waals surface area contributed by atoms with E-state index in [0.29, 0.717) is 29.6 Å². The molecule has 3 aliphatic rings. The van der Waals surface area contributed by atoms with E-state index >= 15 is 0 Å². The SMILES string of the molecule is CC1CC(c2cc(Br)cc(N3Cc4c(cc(CN5CCC[C@H](C)C5)cc4C(F)(F)F)C3=O)c2)(c2nncn2C)C1. The van der Waals surface area contributed by atoms with Gasteiger partial charge in [-0.05, 0) is 91.1 Å². The molecular formula is C30H33BrF3N5O. The number of benzene rings is 2. The van der Waals surface area contributed by atoms with Gasteiger partial charge in [0.15, 0.2) is 0 Å². The van der Waals surface area contributed by atoms with E-state index in [4.69, 9.17) is 0 Å². The minimum absolute atomic E-state index is 0.0510. The van der Waals surface area contributed by atoms with Crippen molar-refractivity contribution in [3.63, 3.8) is 0 Å². The van der Waals surface area contributed by atoms with Gasteiger partial charge in [-0.3, -0.25) is 9.69 Å². The molecule has 3 aromatic rings. The molecular weight excluding hydrogens is 583 g/mol. The number of carbonyl (C=O) groups excluding carboxylic acids is 1. The summed E-state index contributed by atoms with van der Waals surface area (Å²) >= 11 is 3.61. The standard InChI is InChI=1S/C30H33BrF3N5O/c1-18-5-4-6-38(14-18)15-20-7-24-25(26(8-20)30(32,33)34)16-39(27(24)40)23-10-21(9-22(31)11-23)29(12-19(2)13-29)28-36-35-17-37(28)3/h7-11,17-19H,4-6,12-16H2,1-3H3/t18-,19?,29?/m0/s1. The molecule has 1 atom stereocenters. The molecule has 10 heteroatoms. The van der Waals surface area contributed by atoms with Gasteiger partial charge in [-0.1, -0.05) is 29.8 Å². The highest BCUT2D eigenvalue weighted by atomic mass is 79.9. The number of rotatable bonds is 5. The third kappa shape index (κ3) is 4.76. The van der Waals surface area contributed by atoms with Gasteiger partial charge < -0.3 is 9.47 Å². The highest BCUT2D eigenvalue weighted by molar-refractivity contribution is 9.10. The van der Waals surface area contributed by atoms with Crippen LogP contribution < -0.4 is 4.90 Å². The van der Waals surface area contributed by atoms with E-state index in [1.54, 1.807) is 12.4 Å². The summed E-state index contributed by atoms with van der Waals surface area (Å²) in [6, 6.07) is 8.71. The number of halogens is 4. The monoisotopic (exact) mass is 615 g/mol. The van der Waals surface area contributed by atoms with Crippen LogP contribution in [-0.2, 0) is 31.7 Å². The van der Waals surface area contributed by atoms with Gasteiger partial charge in [-0.15, -0.1) is 10.2 Å². The lowest BCUT2D eigenvalue weighted by Crippen LogP contribution is -2.43. The Bertz CT molecular complexity index is 1460. The van der Waals surface area contributed by atoms with Gasteiger partial charge in [0.1, 0.15) is 12.2 Å². The molecule has 1 amide bonds. The first-order valence-electron chi connectivity index (χ1n) is 13.9. The van der Waals surface area contributed by atoms with Gasteiger partial charge in [0, 0.05) is 35.9 Å². The molecule has 0 spiro atoms. The molecule has 0 unspecified atom stereocenters. The smallest absolute Gasteiger partial charge is 0.320 e. The summed E-state index contributed by atoms with van der Waals surface area (Å²) in [5.41, 5.74) is 1.22. The Morgan fingerprint density at radius 3 is 2.52 bits per heavy atom. The maximum atomic E-state index is 14.3. The molecule has 2 fully saturated rings. The first-order chi connectivity index (χ1) is 18.9. The van der Waals surface area contributed by atoms with E-state index in [1.807, 2.05) is 29.8 Å². The highest BCUT2D eigenvalue weighted by Crippen LogP contribution is 2.52. The van der Waals surface area contributed by atoms with Crippen LogP contribution in [0.1, 0.15) is 78.0 Å². The van der Waals surface area contributed by atoms with Crippen LogP contribution in [0.3, 0.4) is 0 Å². The molecule has 40 heavy (non-hydrogen) atoms. The molecule has 212 valence electrons. The predicted molar refractivity (Wildman–Crippen MR) is 150 cm³/mol. The zero-order valence-corrected chi connectivity index (χ0v) is 24.5. The van der Waals surface area contributed by atoms with E-state index in [1.165, 1.54) is 11.0 Å². The second kappa shape index (κ2) is 9.98. The van der Waals surface area contributed by atoms with Crippen molar-refractivity contribution < 1.29 is 18.0 Å². The van der Waals surface area contributed by atoms with Crippen LogP contribution in [0.15, 0.2) is 41.1 Å². The molecule has 0 N–H and O–H groups in total. The molecule has 0 radical (unpaired) electrons.